The average Bonchev–Trinajstić information content (AvgIpc) is 3.22. The molecule has 0 amide bonds. The van der Waals surface area contributed by atoms with Gasteiger partial charge in [0.2, 0.25) is 0 Å². The van der Waals surface area contributed by atoms with Crippen molar-refractivity contribution < 1.29 is 9.66 Å². The standard InChI is InChI=1S/C23H19N5O3/c1-2-31-18-6-7-20-19(13-18)23(26-22(25-20)16-4-3-10-24-14-16)27-11-9-15-12-17(28(29)30)5-8-21(15)27/h3-8,10,12-14H,2,9,11H2,1H3. The van der Waals surface area contributed by atoms with Crippen molar-refractivity contribution in [3.05, 3.63) is 76.6 Å². The first-order valence-electron chi connectivity index (χ1n) is 10.0. The predicted molar refractivity (Wildman–Crippen MR) is 118 cm³/mol. The van der Waals surface area contributed by atoms with Crippen molar-refractivity contribution in [2.24, 2.45) is 0 Å². The highest BCUT2D eigenvalue weighted by Gasteiger charge is 2.26. The predicted octanol–water partition coefficient (Wildman–Crippen LogP) is 4.69. The van der Waals surface area contributed by atoms with Gasteiger partial charge in [0.15, 0.2) is 5.82 Å². The van der Waals surface area contributed by atoms with Crippen LogP contribution in [-0.2, 0) is 6.42 Å². The summed E-state index contributed by atoms with van der Waals surface area (Å²) in [6.45, 7) is 3.18. The van der Waals surface area contributed by atoms with Gasteiger partial charge in [0, 0.05) is 47.7 Å². The van der Waals surface area contributed by atoms with E-state index in [-0.39, 0.29) is 10.6 Å². The molecule has 0 saturated carbocycles. The molecule has 0 N–H and O–H groups in total. The van der Waals surface area contributed by atoms with Gasteiger partial charge in [-0.2, -0.15) is 0 Å². The molecule has 0 fully saturated rings. The van der Waals surface area contributed by atoms with E-state index in [0.717, 1.165) is 39.3 Å². The molecule has 0 aliphatic carbocycles. The van der Waals surface area contributed by atoms with E-state index < -0.39 is 0 Å². The smallest absolute Gasteiger partial charge is 0.269 e. The zero-order valence-electron chi connectivity index (χ0n) is 16.9. The number of anilines is 2. The number of aromatic nitrogens is 3. The fourth-order valence-electron chi connectivity index (χ4n) is 3.90. The second-order valence-electron chi connectivity index (χ2n) is 7.20. The average molecular weight is 413 g/mol. The van der Waals surface area contributed by atoms with Crippen LogP contribution in [0, 0.1) is 10.1 Å². The van der Waals surface area contributed by atoms with E-state index in [4.69, 9.17) is 14.7 Å². The van der Waals surface area contributed by atoms with Crippen LogP contribution in [0.25, 0.3) is 22.3 Å². The SMILES string of the molecule is CCOc1ccc2nc(-c3cccnc3)nc(N3CCc4cc([N+](=O)[O-])ccc43)c2c1. The summed E-state index contributed by atoms with van der Waals surface area (Å²) in [5.74, 6) is 2.07. The number of non-ortho nitro benzene ring substituents is 1. The van der Waals surface area contributed by atoms with Crippen LogP contribution in [0.15, 0.2) is 60.9 Å². The van der Waals surface area contributed by atoms with E-state index in [9.17, 15) is 10.1 Å². The lowest BCUT2D eigenvalue weighted by atomic mass is 10.1. The molecule has 1 aliphatic rings. The summed E-state index contributed by atoms with van der Waals surface area (Å²) >= 11 is 0. The molecule has 4 aromatic rings. The van der Waals surface area contributed by atoms with Crippen LogP contribution in [-0.4, -0.2) is 33.0 Å². The number of nitro groups is 1. The van der Waals surface area contributed by atoms with Crippen LogP contribution in [0.1, 0.15) is 12.5 Å². The largest absolute Gasteiger partial charge is 0.494 e. The van der Waals surface area contributed by atoms with Crippen LogP contribution in [0.2, 0.25) is 0 Å². The zero-order chi connectivity index (χ0) is 21.4. The van der Waals surface area contributed by atoms with Crippen molar-refractivity contribution >= 4 is 28.1 Å². The highest BCUT2D eigenvalue weighted by Crippen LogP contribution is 2.39. The fraction of sp³-hybridized carbons (Fsp3) is 0.174. The van der Waals surface area contributed by atoms with Crippen molar-refractivity contribution in [1.29, 1.82) is 0 Å². The van der Waals surface area contributed by atoms with E-state index in [1.54, 1.807) is 24.5 Å². The van der Waals surface area contributed by atoms with Crippen molar-refractivity contribution in [2.75, 3.05) is 18.1 Å². The molecule has 1 aliphatic heterocycles. The van der Waals surface area contributed by atoms with Crippen molar-refractivity contribution in [3.8, 4) is 17.1 Å². The van der Waals surface area contributed by atoms with Gasteiger partial charge in [0.05, 0.1) is 17.0 Å². The number of fused-ring (bicyclic) bond motifs is 2. The van der Waals surface area contributed by atoms with E-state index >= 15 is 0 Å². The highest BCUT2D eigenvalue weighted by atomic mass is 16.6. The highest BCUT2D eigenvalue weighted by molar-refractivity contribution is 5.94. The van der Waals surface area contributed by atoms with Gasteiger partial charge in [0.25, 0.3) is 5.69 Å². The normalized spacial score (nSPS) is 12.7. The van der Waals surface area contributed by atoms with Crippen LogP contribution in [0.3, 0.4) is 0 Å². The van der Waals surface area contributed by atoms with E-state index in [1.807, 2.05) is 37.3 Å². The fourth-order valence-corrected chi connectivity index (χ4v) is 3.90. The Balaban J connectivity index is 1.70. The van der Waals surface area contributed by atoms with Gasteiger partial charge >= 0.3 is 0 Å². The quantitative estimate of drug-likeness (QED) is 0.346. The molecule has 8 heteroatoms. The summed E-state index contributed by atoms with van der Waals surface area (Å²) in [4.78, 5) is 26.7. The van der Waals surface area contributed by atoms with Crippen molar-refractivity contribution in [2.45, 2.75) is 13.3 Å². The van der Waals surface area contributed by atoms with Gasteiger partial charge < -0.3 is 9.64 Å². The molecule has 0 atom stereocenters. The lowest BCUT2D eigenvalue weighted by Crippen LogP contribution is -2.16. The second kappa shape index (κ2) is 7.64. The first kappa shape index (κ1) is 18.9. The molecule has 154 valence electrons. The van der Waals surface area contributed by atoms with Gasteiger partial charge in [-0.05, 0) is 55.3 Å². The Hall–Kier alpha value is -4.07. The zero-order valence-corrected chi connectivity index (χ0v) is 16.9. The maximum atomic E-state index is 11.2. The summed E-state index contributed by atoms with van der Waals surface area (Å²) < 4.78 is 5.70. The lowest BCUT2D eigenvalue weighted by Gasteiger charge is -2.21. The molecule has 5 rings (SSSR count). The first-order chi connectivity index (χ1) is 15.1. The van der Waals surface area contributed by atoms with Crippen LogP contribution in [0.5, 0.6) is 5.75 Å². The van der Waals surface area contributed by atoms with Gasteiger partial charge in [-0.25, -0.2) is 9.97 Å². The molecule has 0 saturated heterocycles. The minimum Gasteiger partial charge on any atom is -0.494 e. The first-order valence-corrected chi connectivity index (χ1v) is 10.0. The van der Waals surface area contributed by atoms with E-state index in [0.29, 0.717) is 25.4 Å². The van der Waals surface area contributed by atoms with Crippen molar-refractivity contribution in [1.82, 2.24) is 15.0 Å². The minimum absolute atomic E-state index is 0.0998. The Labute approximate surface area is 178 Å². The van der Waals surface area contributed by atoms with Crippen LogP contribution >= 0.6 is 0 Å². The van der Waals surface area contributed by atoms with Crippen LogP contribution in [0.4, 0.5) is 17.2 Å². The van der Waals surface area contributed by atoms with E-state index in [1.165, 1.54) is 6.07 Å². The summed E-state index contributed by atoms with van der Waals surface area (Å²) in [6.07, 6.45) is 4.15. The van der Waals surface area contributed by atoms with Gasteiger partial charge in [-0.1, -0.05) is 0 Å². The maximum absolute atomic E-state index is 11.2. The number of hydrogen-bond donors (Lipinski definition) is 0. The van der Waals surface area contributed by atoms with Gasteiger partial charge in [-0.3, -0.25) is 15.1 Å². The molecule has 2 aromatic heterocycles. The molecule has 2 aromatic carbocycles. The molecule has 3 heterocycles. The topological polar surface area (TPSA) is 94.3 Å². The van der Waals surface area contributed by atoms with Gasteiger partial charge in [0.1, 0.15) is 11.6 Å². The number of pyridine rings is 1. The molecular weight excluding hydrogens is 394 g/mol. The third-order valence-electron chi connectivity index (χ3n) is 5.30. The van der Waals surface area contributed by atoms with Crippen molar-refractivity contribution in [3.63, 3.8) is 0 Å². The van der Waals surface area contributed by atoms with E-state index in [2.05, 4.69) is 9.88 Å². The number of ether oxygens (including phenoxy) is 1. The molecular formula is C23H19N5O3. The summed E-state index contributed by atoms with van der Waals surface area (Å²) in [5.41, 5.74) is 3.57. The maximum Gasteiger partial charge on any atom is 0.269 e. The third-order valence-corrected chi connectivity index (χ3v) is 5.30. The molecule has 0 unspecified atom stereocenters. The molecule has 0 spiro atoms. The Morgan fingerprint density at radius 1 is 1.16 bits per heavy atom. The molecule has 31 heavy (non-hydrogen) atoms. The lowest BCUT2D eigenvalue weighted by molar-refractivity contribution is -0.384. The van der Waals surface area contributed by atoms with Gasteiger partial charge in [-0.15, -0.1) is 0 Å². The summed E-state index contributed by atoms with van der Waals surface area (Å²) in [6, 6.07) is 14.5. The Morgan fingerprint density at radius 2 is 2.06 bits per heavy atom. The monoisotopic (exact) mass is 413 g/mol. The second-order valence-corrected chi connectivity index (χ2v) is 7.20. The number of rotatable bonds is 5. The number of nitro benzene ring substituents is 1. The number of nitrogens with zero attached hydrogens (tertiary/aromatic N) is 5. The Kier molecular flexibility index (Phi) is 4.66. The minimum atomic E-state index is -0.363. The number of hydrogen-bond acceptors (Lipinski definition) is 7. The molecule has 0 bridgehead atoms. The molecule has 0 radical (unpaired) electrons. The Bertz CT molecular complexity index is 1290. The third kappa shape index (κ3) is 3.42. The summed E-state index contributed by atoms with van der Waals surface area (Å²) in [7, 11) is 0. The number of benzene rings is 2. The Morgan fingerprint density at radius 3 is 2.84 bits per heavy atom. The van der Waals surface area contributed by atoms with Crippen LogP contribution < -0.4 is 9.64 Å². The summed E-state index contributed by atoms with van der Waals surface area (Å²) in [5, 5.41) is 12.0. The molecule has 8 nitrogen and oxygen atoms in total.